The topological polar surface area (TPSA) is 50.7 Å². The Morgan fingerprint density at radius 2 is 1.83 bits per heavy atom. The molecule has 0 aliphatic rings. The second-order valence-electron chi connectivity index (χ2n) is 5.23. The molecule has 0 aromatic heterocycles. The first kappa shape index (κ1) is 18.6. The standard InChI is InChI=1S/C19H23N3S2/c1-2-3-13-23-18-11-9-16(10-12-18)14-21-22-19(20)24-15-17-7-5-4-6-8-17/h4-12,14H,2-3,13,15H2,1H3,(H2,20,22). The number of hydrogen-bond acceptors (Lipinski definition) is 4. The highest BCUT2D eigenvalue weighted by Crippen LogP contribution is 2.19. The van der Waals surface area contributed by atoms with Crippen LogP contribution in [-0.2, 0) is 5.75 Å². The maximum atomic E-state index is 5.87. The average Bonchev–Trinajstić information content (AvgIpc) is 2.62. The van der Waals surface area contributed by atoms with Crippen LogP contribution < -0.4 is 5.73 Å². The number of rotatable bonds is 8. The van der Waals surface area contributed by atoms with Crippen molar-refractivity contribution in [3.05, 3.63) is 65.7 Å². The van der Waals surface area contributed by atoms with Crippen molar-refractivity contribution < 1.29 is 0 Å². The summed E-state index contributed by atoms with van der Waals surface area (Å²) < 4.78 is 0. The minimum absolute atomic E-state index is 0.474. The smallest absolute Gasteiger partial charge is 0.180 e. The fraction of sp³-hybridized carbons (Fsp3) is 0.263. The van der Waals surface area contributed by atoms with Crippen LogP contribution in [0.3, 0.4) is 0 Å². The van der Waals surface area contributed by atoms with Crippen LogP contribution in [0.15, 0.2) is 69.7 Å². The van der Waals surface area contributed by atoms with E-state index >= 15 is 0 Å². The largest absolute Gasteiger partial charge is 0.377 e. The van der Waals surface area contributed by atoms with Crippen molar-refractivity contribution in [2.45, 2.75) is 30.4 Å². The molecule has 126 valence electrons. The average molecular weight is 358 g/mol. The maximum absolute atomic E-state index is 5.87. The summed E-state index contributed by atoms with van der Waals surface area (Å²) in [4.78, 5) is 1.29. The van der Waals surface area contributed by atoms with Crippen LogP contribution >= 0.6 is 23.5 Å². The van der Waals surface area contributed by atoms with Gasteiger partial charge in [0.15, 0.2) is 5.17 Å². The van der Waals surface area contributed by atoms with Gasteiger partial charge in [0.2, 0.25) is 0 Å². The zero-order valence-electron chi connectivity index (χ0n) is 13.9. The van der Waals surface area contributed by atoms with Gasteiger partial charge in [-0.15, -0.1) is 16.9 Å². The van der Waals surface area contributed by atoms with Crippen LogP contribution in [0.5, 0.6) is 0 Å². The number of amidine groups is 1. The highest BCUT2D eigenvalue weighted by molar-refractivity contribution is 8.13. The lowest BCUT2D eigenvalue weighted by Gasteiger charge is -2.01. The molecule has 2 rings (SSSR count). The van der Waals surface area contributed by atoms with Crippen molar-refractivity contribution in [1.29, 1.82) is 0 Å². The molecule has 0 fully saturated rings. The van der Waals surface area contributed by atoms with Gasteiger partial charge in [-0.2, -0.15) is 5.10 Å². The molecule has 0 radical (unpaired) electrons. The van der Waals surface area contributed by atoms with Crippen molar-refractivity contribution in [2.75, 3.05) is 5.75 Å². The molecule has 0 spiro atoms. The third-order valence-corrected chi connectivity index (χ3v) is 5.19. The third-order valence-electron chi connectivity index (χ3n) is 3.24. The molecule has 2 N–H and O–H groups in total. The van der Waals surface area contributed by atoms with Gasteiger partial charge in [0, 0.05) is 10.6 Å². The Bertz CT molecular complexity index is 652. The molecular formula is C19H23N3S2. The van der Waals surface area contributed by atoms with Gasteiger partial charge in [0.25, 0.3) is 0 Å². The van der Waals surface area contributed by atoms with E-state index in [0.29, 0.717) is 5.17 Å². The molecule has 24 heavy (non-hydrogen) atoms. The summed E-state index contributed by atoms with van der Waals surface area (Å²) in [5.41, 5.74) is 8.12. The van der Waals surface area contributed by atoms with Gasteiger partial charge in [0.1, 0.15) is 0 Å². The second kappa shape index (κ2) is 10.9. The van der Waals surface area contributed by atoms with E-state index in [1.165, 1.54) is 40.8 Å². The minimum atomic E-state index is 0.474. The molecule has 2 aromatic carbocycles. The number of nitrogens with two attached hydrogens (primary N) is 1. The number of unbranched alkanes of at least 4 members (excludes halogenated alkanes) is 1. The highest BCUT2D eigenvalue weighted by Gasteiger charge is 1.96. The molecule has 0 aliphatic heterocycles. The van der Waals surface area contributed by atoms with E-state index in [2.05, 4.69) is 53.5 Å². The predicted molar refractivity (Wildman–Crippen MR) is 109 cm³/mol. The van der Waals surface area contributed by atoms with E-state index in [9.17, 15) is 0 Å². The van der Waals surface area contributed by atoms with Crippen LogP contribution in [0, 0.1) is 0 Å². The molecule has 3 nitrogen and oxygen atoms in total. The first-order valence-corrected chi connectivity index (χ1v) is 10.0. The molecule has 0 aliphatic carbocycles. The Hall–Kier alpha value is -1.72. The SMILES string of the molecule is CCCCSc1ccc(C=NN=C(N)SCc2ccccc2)cc1. The highest BCUT2D eigenvalue weighted by atomic mass is 32.2. The van der Waals surface area contributed by atoms with Crippen molar-refractivity contribution >= 4 is 34.9 Å². The summed E-state index contributed by atoms with van der Waals surface area (Å²) in [6.45, 7) is 2.21. The van der Waals surface area contributed by atoms with Crippen LogP contribution in [0.2, 0.25) is 0 Å². The molecular weight excluding hydrogens is 334 g/mol. The van der Waals surface area contributed by atoms with E-state index in [-0.39, 0.29) is 0 Å². The van der Waals surface area contributed by atoms with Gasteiger partial charge < -0.3 is 5.73 Å². The summed E-state index contributed by atoms with van der Waals surface area (Å²) in [5, 5.41) is 8.58. The van der Waals surface area contributed by atoms with Gasteiger partial charge in [-0.3, -0.25) is 0 Å². The molecule has 0 saturated carbocycles. The Balaban J connectivity index is 1.79. The quantitative estimate of drug-likeness (QED) is 0.233. The molecule has 0 heterocycles. The number of benzene rings is 2. The molecule has 0 bridgehead atoms. The lowest BCUT2D eigenvalue weighted by molar-refractivity contribution is 0.896. The minimum Gasteiger partial charge on any atom is -0.377 e. The molecule has 0 amide bonds. The van der Waals surface area contributed by atoms with Gasteiger partial charge in [-0.1, -0.05) is 67.6 Å². The summed E-state index contributed by atoms with van der Waals surface area (Å²) >= 11 is 3.38. The molecule has 0 saturated heterocycles. The normalized spacial score (nSPS) is 12.0. The Kier molecular flexibility index (Phi) is 8.49. The monoisotopic (exact) mass is 357 g/mol. The fourth-order valence-corrected chi connectivity index (χ4v) is 3.51. The van der Waals surface area contributed by atoms with Crippen LogP contribution in [0.1, 0.15) is 30.9 Å². The fourth-order valence-electron chi connectivity index (χ4n) is 1.90. The Labute approximate surface area is 152 Å². The Morgan fingerprint density at radius 1 is 1.08 bits per heavy atom. The number of nitrogens with zero attached hydrogens (tertiary/aromatic N) is 2. The van der Waals surface area contributed by atoms with E-state index in [1.807, 2.05) is 30.0 Å². The lowest BCUT2D eigenvalue weighted by Crippen LogP contribution is -2.05. The second-order valence-corrected chi connectivity index (χ2v) is 7.39. The Morgan fingerprint density at radius 3 is 2.54 bits per heavy atom. The molecule has 2 aromatic rings. The van der Waals surface area contributed by atoms with Crippen molar-refractivity contribution in [3.63, 3.8) is 0 Å². The molecule has 5 heteroatoms. The van der Waals surface area contributed by atoms with E-state index < -0.39 is 0 Å². The summed E-state index contributed by atoms with van der Waals surface area (Å²) in [6.07, 6.45) is 4.22. The summed E-state index contributed by atoms with van der Waals surface area (Å²) in [6, 6.07) is 18.5. The zero-order chi connectivity index (χ0) is 17.0. The number of thioether (sulfide) groups is 2. The summed E-state index contributed by atoms with van der Waals surface area (Å²) in [5.74, 6) is 1.97. The van der Waals surface area contributed by atoms with Gasteiger partial charge >= 0.3 is 0 Å². The van der Waals surface area contributed by atoms with E-state index in [4.69, 9.17) is 5.73 Å². The van der Waals surface area contributed by atoms with Crippen molar-refractivity contribution in [2.24, 2.45) is 15.9 Å². The molecule has 0 atom stereocenters. The first-order valence-electron chi connectivity index (χ1n) is 8.04. The number of hydrogen-bond donors (Lipinski definition) is 1. The first-order chi connectivity index (χ1) is 11.8. The maximum Gasteiger partial charge on any atom is 0.180 e. The van der Waals surface area contributed by atoms with Gasteiger partial charge in [-0.25, -0.2) is 0 Å². The van der Waals surface area contributed by atoms with Crippen molar-refractivity contribution in [1.82, 2.24) is 0 Å². The van der Waals surface area contributed by atoms with E-state index in [1.54, 1.807) is 6.21 Å². The summed E-state index contributed by atoms with van der Waals surface area (Å²) in [7, 11) is 0. The van der Waals surface area contributed by atoms with Crippen LogP contribution in [0.4, 0.5) is 0 Å². The lowest BCUT2D eigenvalue weighted by atomic mass is 10.2. The predicted octanol–water partition coefficient (Wildman–Crippen LogP) is 5.16. The molecule has 0 unspecified atom stereocenters. The zero-order valence-corrected chi connectivity index (χ0v) is 15.5. The van der Waals surface area contributed by atoms with Gasteiger partial charge in [0.05, 0.1) is 6.21 Å². The van der Waals surface area contributed by atoms with Gasteiger partial charge in [-0.05, 0) is 35.4 Å². The van der Waals surface area contributed by atoms with Crippen molar-refractivity contribution in [3.8, 4) is 0 Å². The van der Waals surface area contributed by atoms with Crippen LogP contribution in [-0.4, -0.2) is 17.1 Å². The third kappa shape index (κ3) is 7.23. The van der Waals surface area contributed by atoms with E-state index in [0.717, 1.165) is 11.3 Å². The van der Waals surface area contributed by atoms with Crippen LogP contribution in [0.25, 0.3) is 0 Å².